The second kappa shape index (κ2) is 12.2. The highest BCUT2D eigenvalue weighted by molar-refractivity contribution is 7.98. The summed E-state index contributed by atoms with van der Waals surface area (Å²) in [6.45, 7) is 2.66. The van der Waals surface area contributed by atoms with Gasteiger partial charge in [-0.25, -0.2) is 4.98 Å². The van der Waals surface area contributed by atoms with E-state index in [1.165, 1.54) is 23.1 Å². The molecule has 13 heteroatoms. The Labute approximate surface area is 254 Å². The minimum absolute atomic E-state index is 0.0637. The van der Waals surface area contributed by atoms with Gasteiger partial charge in [-0.3, -0.25) is 9.36 Å². The fourth-order valence-electron chi connectivity index (χ4n) is 4.61. The lowest BCUT2D eigenvalue weighted by Gasteiger charge is -2.36. The summed E-state index contributed by atoms with van der Waals surface area (Å²) in [5.41, 5.74) is 2.13. The molecule has 3 aromatic heterocycles. The first-order chi connectivity index (χ1) is 20.0. The van der Waals surface area contributed by atoms with E-state index in [0.29, 0.717) is 57.0 Å². The number of furan rings is 1. The van der Waals surface area contributed by atoms with Gasteiger partial charge in [-0.15, -0.1) is 21.5 Å². The molecule has 1 fully saturated rings. The molecule has 0 N–H and O–H groups in total. The predicted octanol–water partition coefficient (Wildman–Crippen LogP) is 6.55. The molecule has 1 aliphatic heterocycles. The number of benzene rings is 2. The number of methoxy groups -OCH3 is 1. The molecule has 0 saturated carbocycles. The van der Waals surface area contributed by atoms with Crippen molar-refractivity contribution >= 4 is 57.9 Å². The van der Waals surface area contributed by atoms with E-state index >= 15 is 0 Å². The van der Waals surface area contributed by atoms with Gasteiger partial charge in [-0.05, 0) is 42.5 Å². The average molecular weight is 628 g/mol. The maximum atomic E-state index is 13.3. The number of aromatic nitrogens is 4. The number of hydrogen-bond donors (Lipinski definition) is 0. The van der Waals surface area contributed by atoms with Crippen LogP contribution in [0.3, 0.4) is 0 Å². The van der Waals surface area contributed by atoms with Gasteiger partial charge >= 0.3 is 0 Å². The number of thioether (sulfide) groups is 1. The summed E-state index contributed by atoms with van der Waals surface area (Å²) in [5.74, 6) is 2.32. The monoisotopic (exact) mass is 626 g/mol. The van der Waals surface area contributed by atoms with E-state index in [-0.39, 0.29) is 5.91 Å². The quantitative estimate of drug-likeness (QED) is 0.179. The van der Waals surface area contributed by atoms with Crippen molar-refractivity contribution < 1.29 is 13.9 Å². The maximum Gasteiger partial charge on any atom is 0.273 e. The fraction of sp³-hybridized carbons (Fsp3) is 0.214. The molecule has 0 aliphatic carbocycles. The van der Waals surface area contributed by atoms with Crippen LogP contribution in [0.15, 0.2) is 75.8 Å². The number of thiazole rings is 1. The lowest BCUT2D eigenvalue weighted by Crippen LogP contribution is -2.49. The number of nitrogens with zero attached hydrogens (tertiary/aromatic N) is 6. The van der Waals surface area contributed by atoms with Crippen molar-refractivity contribution in [3.05, 3.63) is 87.0 Å². The van der Waals surface area contributed by atoms with E-state index in [1.54, 1.807) is 37.6 Å². The van der Waals surface area contributed by atoms with Gasteiger partial charge in [0.05, 0.1) is 35.5 Å². The van der Waals surface area contributed by atoms with Crippen LogP contribution in [0.2, 0.25) is 10.0 Å². The Bertz CT molecular complexity index is 1670. The lowest BCUT2D eigenvalue weighted by atomic mass is 10.2. The first-order valence-electron chi connectivity index (χ1n) is 12.7. The number of hydrogen-bond acceptors (Lipinski definition) is 9. The van der Waals surface area contributed by atoms with E-state index in [1.807, 2.05) is 45.2 Å². The van der Waals surface area contributed by atoms with Gasteiger partial charge in [0.15, 0.2) is 10.9 Å². The van der Waals surface area contributed by atoms with Crippen molar-refractivity contribution in [2.75, 3.05) is 38.2 Å². The Morgan fingerprint density at radius 2 is 1.88 bits per heavy atom. The smallest absolute Gasteiger partial charge is 0.273 e. The van der Waals surface area contributed by atoms with Crippen LogP contribution in [-0.4, -0.2) is 63.8 Å². The van der Waals surface area contributed by atoms with Crippen LogP contribution in [0.1, 0.15) is 15.5 Å². The van der Waals surface area contributed by atoms with E-state index in [2.05, 4.69) is 20.1 Å². The van der Waals surface area contributed by atoms with Crippen LogP contribution in [0.4, 0.5) is 5.69 Å². The number of anilines is 1. The van der Waals surface area contributed by atoms with Crippen LogP contribution in [0, 0.1) is 0 Å². The van der Waals surface area contributed by atoms with E-state index in [0.717, 1.165) is 29.5 Å². The van der Waals surface area contributed by atoms with Crippen LogP contribution in [-0.2, 0) is 5.75 Å². The second-order valence-corrected chi connectivity index (χ2v) is 11.8. The molecule has 1 saturated heterocycles. The molecule has 41 heavy (non-hydrogen) atoms. The minimum atomic E-state index is -0.0637. The van der Waals surface area contributed by atoms with E-state index < -0.39 is 0 Å². The molecule has 0 radical (unpaired) electrons. The Morgan fingerprint density at radius 3 is 2.66 bits per heavy atom. The molecule has 0 bridgehead atoms. The number of carbonyl (C=O) groups excluding carboxylic acids is 1. The second-order valence-electron chi connectivity index (χ2n) is 9.08. The Hall–Kier alpha value is -3.51. The number of para-hydroxylation sites is 2. The Kier molecular flexibility index (Phi) is 8.20. The molecule has 6 rings (SSSR count). The summed E-state index contributed by atoms with van der Waals surface area (Å²) in [7, 11) is 1.67. The third kappa shape index (κ3) is 5.80. The predicted molar refractivity (Wildman–Crippen MR) is 162 cm³/mol. The van der Waals surface area contributed by atoms with Crippen LogP contribution in [0.5, 0.6) is 5.75 Å². The van der Waals surface area contributed by atoms with Gasteiger partial charge in [0.1, 0.15) is 16.5 Å². The number of piperazine rings is 1. The SMILES string of the molecule is COc1ccccc1N1CCN(C(=O)c2csc(CSc3nnc(-c4ccco4)n3-c3cc(Cl)ccc3Cl)n2)CC1. The first-order valence-corrected chi connectivity index (χ1v) is 15.3. The van der Waals surface area contributed by atoms with Gasteiger partial charge in [-0.1, -0.05) is 47.1 Å². The van der Waals surface area contributed by atoms with Crippen molar-refractivity contribution in [2.24, 2.45) is 0 Å². The highest BCUT2D eigenvalue weighted by Gasteiger charge is 2.26. The summed E-state index contributed by atoms with van der Waals surface area (Å²) in [6.07, 6.45) is 1.58. The number of amides is 1. The topological polar surface area (TPSA) is 89.5 Å². The van der Waals surface area contributed by atoms with Crippen molar-refractivity contribution in [2.45, 2.75) is 10.9 Å². The number of carbonyl (C=O) groups is 1. The normalized spacial score (nSPS) is 13.5. The molecule has 1 aliphatic rings. The average Bonchev–Trinajstić information content (AvgIpc) is 3.78. The molecule has 0 atom stereocenters. The van der Waals surface area contributed by atoms with Gasteiger partial charge in [0.25, 0.3) is 5.91 Å². The van der Waals surface area contributed by atoms with Crippen LogP contribution < -0.4 is 9.64 Å². The molecular weight excluding hydrogens is 603 g/mol. The molecule has 0 unspecified atom stereocenters. The molecule has 1 amide bonds. The Morgan fingerprint density at radius 1 is 1.05 bits per heavy atom. The molecular formula is C28H24Cl2N6O3S2. The van der Waals surface area contributed by atoms with Gasteiger partial charge in [0, 0.05) is 36.6 Å². The van der Waals surface area contributed by atoms with E-state index in [4.69, 9.17) is 32.4 Å². The summed E-state index contributed by atoms with van der Waals surface area (Å²) in [6, 6.07) is 16.7. The highest BCUT2D eigenvalue weighted by atomic mass is 35.5. The highest BCUT2D eigenvalue weighted by Crippen LogP contribution is 2.35. The van der Waals surface area contributed by atoms with Crippen molar-refractivity contribution in [3.63, 3.8) is 0 Å². The van der Waals surface area contributed by atoms with E-state index in [9.17, 15) is 4.79 Å². The molecule has 9 nitrogen and oxygen atoms in total. The lowest BCUT2D eigenvalue weighted by molar-refractivity contribution is 0.0741. The molecule has 5 aromatic rings. The largest absolute Gasteiger partial charge is 0.495 e. The van der Waals surface area contributed by atoms with Crippen molar-refractivity contribution in [1.82, 2.24) is 24.6 Å². The standard InChI is InChI=1S/C28H24Cl2N6O3S2/c1-38-23-6-3-2-5-21(23)34-10-12-35(13-11-34)27(37)20-16-40-25(31-20)17-41-28-33-32-26(24-7-4-14-39-24)36(28)22-15-18(29)8-9-19(22)30/h2-9,14-16H,10-13,17H2,1H3. The molecule has 210 valence electrons. The van der Waals surface area contributed by atoms with Gasteiger partial charge in [0.2, 0.25) is 5.82 Å². The minimum Gasteiger partial charge on any atom is -0.495 e. The zero-order chi connectivity index (χ0) is 28.3. The molecule has 2 aromatic carbocycles. The third-order valence-corrected chi connectivity index (χ3v) is 9.14. The zero-order valence-corrected chi connectivity index (χ0v) is 25.0. The number of ether oxygens (including phenoxy) is 1. The number of rotatable bonds is 8. The molecule has 0 spiro atoms. The number of halogens is 2. The maximum absolute atomic E-state index is 13.3. The molecule has 4 heterocycles. The van der Waals surface area contributed by atoms with Crippen molar-refractivity contribution in [3.8, 4) is 23.0 Å². The Balaban J connectivity index is 1.14. The van der Waals surface area contributed by atoms with Crippen LogP contribution >= 0.6 is 46.3 Å². The van der Waals surface area contributed by atoms with Crippen molar-refractivity contribution in [1.29, 1.82) is 0 Å². The van der Waals surface area contributed by atoms with Gasteiger partial charge < -0.3 is 19.0 Å². The van der Waals surface area contributed by atoms with Crippen LogP contribution in [0.25, 0.3) is 17.3 Å². The summed E-state index contributed by atoms with van der Waals surface area (Å²) < 4.78 is 12.9. The summed E-state index contributed by atoms with van der Waals surface area (Å²) in [5, 5.41) is 13.0. The third-order valence-electron chi connectivity index (χ3n) is 6.61. The van der Waals surface area contributed by atoms with Gasteiger partial charge in [-0.2, -0.15) is 0 Å². The summed E-state index contributed by atoms with van der Waals surface area (Å²) >= 11 is 15.7. The fourth-order valence-corrected chi connectivity index (χ4v) is 6.71. The first kappa shape index (κ1) is 27.6. The zero-order valence-electron chi connectivity index (χ0n) is 21.9. The summed E-state index contributed by atoms with van der Waals surface area (Å²) in [4.78, 5) is 22.0.